The number of nitrogens with one attached hydrogen (secondary N) is 4. The maximum absolute atomic E-state index is 12.8. The normalized spacial score (nSPS) is 12.6. The highest BCUT2D eigenvalue weighted by molar-refractivity contribution is 5.94. The zero-order chi connectivity index (χ0) is 30.2. The van der Waals surface area contributed by atoms with Crippen molar-refractivity contribution < 1.29 is 44.1 Å². The third kappa shape index (κ3) is 13.6. The highest BCUT2D eigenvalue weighted by Gasteiger charge is 2.26. The van der Waals surface area contributed by atoms with Crippen LogP contribution >= 0.6 is 0 Å². The van der Waals surface area contributed by atoms with Crippen LogP contribution in [0, 0.1) is 0 Å². The molecule has 0 bridgehead atoms. The minimum Gasteiger partial charge on any atom is -0.508 e. The molecular formula is C23H34N8O9. The molecule has 0 heterocycles. The molecule has 1 aromatic rings. The van der Waals surface area contributed by atoms with E-state index in [1.165, 1.54) is 12.1 Å². The number of rotatable bonds is 17. The quantitative estimate of drug-likeness (QED) is 0.0491. The van der Waals surface area contributed by atoms with Gasteiger partial charge in [0.1, 0.15) is 24.4 Å². The van der Waals surface area contributed by atoms with E-state index in [4.69, 9.17) is 27.4 Å². The van der Waals surface area contributed by atoms with Crippen molar-refractivity contribution in [3.63, 3.8) is 0 Å². The lowest BCUT2D eigenvalue weighted by atomic mass is 10.0. The summed E-state index contributed by atoms with van der Waals surface area (Å²) >= 11 is 0. The number of hydrogen-bond acceptors (Lipinski definition) is 9. The molecule has 0 saturated carbocycles. The van der Waals surface area contributed by atoms with Crippen LogP contribution < -0.4 is 38.5 Å². The lowest BCUT2D eigenvalue weighted by Gasteiger charge is -2.21. The van der Waals surface area contributed by atoms with E-state index < -0.39 is 73.2 Å². The third-order valence-corrected chi connectivity index (χ3v) is 5.17. The number of carbonyl (C=O) groups is 6. The van der Waals surface area contributed by atoms with Crippen LogP contribution in [0.3, 0.4) is 0 Å². The second-order valence-corrected chi connectivity index (χ2v) is 8.53. The predicted octanol–water partition coefficient (Wildman–Crippen LogP) is -3.92. The number of benzene rings is 1. The Balaban J connectivity index is 2.81. The number of aromatic hydroxyl groups is 1. The van der Waals surface area contributed by atoms with Crippen LogP contribution in [-0.2, 0) is 35.2 Å². The number of nitrogens with two attached hydrogens (primary N) is 3. The fraction of sp³-hybridized carbons (Fsp3) is 0.435. The van der Waals surface area contributed by atoms with E-state index in [1.54, 1.807) is 12.1 Å². The SMILES string of the molecule is NC(N)=NCCC[C@H](NC(=O)[C@@H](N)Cc1ccc(O)cc1)C(=O)NCC(=O)N[C@@H](CC(=O)O)C(=O)NCC(=O)O. The first kappa shape index (κ1) is 33.1. The Hall–Kier alpha value is -4.93. The van der Waals surface area contributed by atoms with Gasteiger partial charge in [0.2, 0.25) is 23.6 Å². The zero-order valence-corrected chi connectivity index (χ0v) is 21.5. The lowest BCUT2D eigenvalue weighted by molar-refractivity contribution is -0.141. The van der Waals surface area contributed by atoms with Gasteiger partial charge in [-0.1, -0.05) is 12.1 Å². The number of nitrogens with zero attached hydrogens (tertiary/aromatic N) is 1. The smallest absolute Gasteiger partial charge is 0.322 e. The highest BCUT2D eigenvalue weighted by atomic mass is 16.4. The molecule has 0 saturated heterocycles. The maximum atomic E-state index is 12.8. The van der Waals surface area contributed by atoms with Gasteiger partial charge in [0.25, 0.3) is 0 Å². The Morgan fingerprint density at radius 3 is 2.00 bits per heavy atom. The van der Waals surface area contributed by atoms with E-state index in [2.05, 4.69) is 20.9 Å². The van der Waals surface area contributed by atoms with E-state index >= 15 is 0 Å². The van der Waals surface area contributed by atoms with Crippen LogP contribution in [-0.4, -0.2) is 94.6 Å². The first-order valence-corrected chi connectivity index (χ1v) is 12.0. The van der Waals surface area contributed by atoms with Crippen molar-refractivity contribution in [1.29, 1.82) is 0 Å². The average molecular weight is 567 g/mol. The molecule has 220 valence electrons. The number of aliphatic carboxylic acids is 2. The number of carboxylic acid groups (broad SMARTS) is 2. The lowest BCUT2D eigenvalue weighted by Crippen LogP contribution is -2.54. The van der Waals surface area contributed by atoms with Gasteiger partial charge in [-0.15, -0.1) is 0 Å². The van der Waals surface area contributed by atoms with E-state index in [0.717, 1.165) is 0 Å². The van der Waals surface area contributed by atoms with E-state index in [9.17, 15) is 33.9 Å². The van der Waals surface area contributed by atoms with E-state index in [0.29, 0.717) is 5.56 Å². The van der Waals surface area contributed by atoms with Gasteiger partial charge in [-0.2, -0.15) is 0 Å². The molecule has 0 radical (unpaired) electrons. The summed E-state index contributed by atoms with van der Waals surface area (Å²) < 4.78 is 0. The minimum absolute atomic E-state index is 0.0403. The van der Waals surface area contributed by atoms with E-state index in [-0.39, 0.29) is 37.5 Å². The first-order chi connectivity index (χ1) is 18.8. The van der Waals surface area contributed by atoms with Crippen LogP contribution in [0.5, 0.6) is 5.75 Å². The van der Waals surface area contributed by atoms with Crippen molar-refractivity contribution in [3.8, 4) is 5.75 Å². The summed E-state index contributed by atoms with van der Waals surface area (Å²) in [6.45, 7) is -1.34. The van der Waals surface area contributed by atoms with Gasteiger partial charge in [-0.3, -0.25) is 33.8 Å². The fourth-order valence-electron chi connectivity index (χ4n) is 3.24. The summed E-state index contributed by atoms with van der Waals surface area (Å²) in [4.78, 5) is 75.3. The number of amides is 4. The maximum Gasteiger partial charge on any atom is 0.322 e. The Bertz CT molecular complexity index is 1090. The fourth-order valence-corrected chi connectivity index (χ4v) is 3.24. The third-order valence-electron chi connectivity index (χ3n) is 5.17. The number of carbonyl (C=O) groups excluding carboxylic acids is 4. The molecule has 0 aliphatic rings. The molecule has 17 heteroatoms. The molecule has 13 N–H and O–H groups in total. The molecule has 0 fully saturated rings. The van der Waals surface area contributed by atoms with Crippen molar-refractivity contribution in [2.75, 3.05) is 19.6 Å². The second kappa shape index (κ2) is 16.8. The second-order valence-electron chi connectivity index (χ2n) is 8.53. The number of phenolic OH excluding ortho intramolecular Hbond substituents is 1. The van der Waals surface area contributed by atoms with Crippen molar-refractivity contribution in [1.82, 2.24) is 21.3 Å². The monoisotopic (exact) mass is 566 g/mol. The molecule has 17 nitrogen and oxygen atoms in total. The van der Waals surface area contributed by atoms with Crippen LogP contribution in [0.2, 0.25) is 0 Å². The Morgan fingerprint density at radius 1 is 0.825 bits per heavy atom. The molecule has 1 aromatic carbocycles. The van der Waals surface area contributed by atoms with Crippen molar-refractivity contribution in [2.45, 2.75) is 43.8 Å². The number of phenols is 1. The largest absolute Gasteiger partial charge is 0.508 e. The summed E-state index contributed by atoms with van der Waals surface area (Å²) in [5, 5.41) is 35.9. The summed E-state index contributed by atoms with van der Waals surface area (Å²) in [6.07, 6.45) is -0.416. The van der Waals surface area contributed by atoms with Gasteiger partial charge < -0.3 is 53.8 Å². The predicted molar refractivity (Wildman–Crippen MR) is 139 cm³/mol. The zero-order valence-electron chi connectivity index (χ0n) is 21.5. The minimum atomic E-state index is -1.60. The summed E-state index contributed by atoms with van der Waals surface area (Å²) in [5.41, 5.74) is 17.2. The van der Waals surface area contributed by atoms with Gasteiger partial charge in [0.05, 0.1) is 19.0 Å². The number of hydrogen-bond donors (Lipinski definition) is 10. The molecular weight excluding hydrogens is 532 g/mol. The Labute approximate surface area is 228 Å². The standard InChI is InChI=1S/C23H34N8O9/c24-14(8-12-3-5-13(32)6-4-12)20(38)31-15(2-1-7-27-23(25)26)21(39)28-10-17(33)30-16(9-18(34)35)22(40)29-11-19(36)37/h3-6,14-16,32H,1-2,7-11,24H2,(H,28,39)(H,29,40)(H,30,33)(H,31,38)(H,34,35)(H,36,37)(H4,25,26,27)/t14-,15-,16-/m0/s1. The molecule has 40 heavy (non-hydrogen) atoms. The van der Waals surface area contributed by atoms with Gasteiger partial charge >= 0.3 is 11.9 Å². The van der Waals surface area contributed by atoms with Crippen molar-refractivity contribution in [3.05, 3.63) is 29.8 Å². The Morgan fingerprint density at radius 2 is 1.43 bits per heavy atom. The van der Waals surface area contributed by atoms with Crippen LogP contribution in [0.25, 0.3) is 0 Å². The first-order valence-electron chi connectivity index (χ1n) is 12.0. The summed E-state index contributed by atoms with van der Waals surface area (Å²) in [7, 11) is 0. The van der Waals surface area contributed by atoms with Crippen LogP contribution in [0.1, 0.15) is 24.8 Å². The van der Waals surface area contributed by atoms with Crippen molar-refractivity contribution in [2.24, 2.45) is 22.2 Å². The van der Waals surface area contributed by atoms with Gasteiger partial charge in [0, 0.05) is 6.54 Å². The molecule has 0 unspecified atom stereocenters. The molecule has 0 aromatic heterocycles. The molecule has 0 aliphatic heterocycles. The molecule has 4 amide bonds. The van der Waals surface area contributed by atoms with E-state index in [1.807, 2.05) is 5.32 Å². The number of guanidine groups is 1. The Kier molecular flexibility index (Phi) is 13.9. The van der Waals surface area contributed by atoms with Gasteiger partial charge in [0.15, 0.2) is 5.96 Å². The number of aliphatic imine (C=N–C) groups is 1. The van der Waals surface area contributed by atoms with Gasteiger partial charge in [-0.05, 0) is 37.0 Å². The molecule has 0 spiro atoms. The van der Waals surface area contributed by atoms with Crippen molar-refractivity contribution >= 4 is 41.5 Å². The van der Waals surface area contributed by atoms with Crippen LogP contribution in [0.15, 0.2) is 29.3 Å². The summed E-state index contributed by atoms with van der Waals surface area (Å²) in [5.74, 6) is -6.38. The molecule has 1 rings (SSSR count). The van der Waals surface area contributed by atoms with Gasteiger partial charge in [-0.25, -0.2) is 0 Å². The number of carboxylic acids is 2. The average Bonchev–Trinajstić information content (AvgIpc) is 2.87. The van der Waals surface area contributed by atoms with Crippen LogP contribution in [0.4, 0.5) is 0 Å². The molecule has 0 aliphatic carbocycles. The summed E-state index contributed by atoms with van der Waals surface area (Å²) in [6, 6.07) is 2.22. The highest BCUT2D eigenvalue weighted by Crippen LogP contribution is 2.11. The topological polar surface area (TPSA) is 302 Å². The molecule has 3 atom stereocenters.